The maximum Gasteiger partial charge on any atom is 0.411 e. The molecule has 0 spiro atoms. The van der Waals surface area contributed by atoms with Gasteiger partial charge in [0.25, 0.3) is 0 Å². The molecule has 0 aromatic carbocycles. The van der Waals surface area contributed by atoms with E-state index in [9.17, 15) is 14.0 Å². The smallest absolute Gasteiger partial charge is 0.411 e. The zero-order chi connectivity index (χ0) is 18.1. The van der Waals surface area contributed by atoms with Crippen molar-refractivity contribution >= 4 is 12.0 Å². The molecule has 1 aliphatic carbocycles. The summed E-state index contributed by atoms with van der Waals surface area (Å²) in [4.78, 5) is 26.1. The van der Waals surface area contributed by atoms with Crippen LogP contribution in [0.5, 0.6) is 0 Å². The molecule has 0 bridgehead atoms. The minimum Gasteiger partial charge on any atom is -0.444 e. The van der Waals surface area contributed by atoms with E-state index in [4.69, 9.17) is 4.74 Å². The summed E-state index contributed by atoms with van der Waals surface area (Å²) in [5.41, 5.74) is -0.459. The Morgan fingerprint density at radius 3 is 2.54 bits per heavy atom. The van der Waals surface area contributed by atoms with Crippen LogP contribution in [0.25, 0.3) is 0 Å². The highest BCUT2D eigenvalue weighted by atomic mass is 19.1. The molecule has 0 aromatic rings. The van der Waals surface area contributed by atoms with E-state index in [-0.39, 0.29) is 30.3 Å². The van der Waals surface area contributed by atoms with Crippen LogP contribution in [-0.2, 0) is 9.53 Å². The number of carbonyl (C=O) groups is 2. The van der Waals surface area contributed by atoms with Crippen molar-refractivity contribution in [2.45, 2.75) is 90.6 Å². The van der Waals surface area contributed by atoms with Gasteiger partial charge in [-0.15, -0.1) is 0 Å². The van der Waals surface area contributed by atoms with Crippen molar-refractivity contribution in [2.24, 2.45) is 5.41 Å². The third-order valence-corrected chi connectivity index (χ3v) is 4.73. The zero-order valence-electron chi connectivity index (χ0n) is 15.5. The summed E-state index contributed by atoms with van der Waals surface area (Å²) >= 11 is 0. The molecule has 6 heteroatoms. The number of alkyl halides is 1. The standard InChI is InChI=1S/C18H31FN2O3/c1-17(2,3)24-16(23)21-11-12(19)9-14(21)15(22)20-13-7-6-8-18(4,5)10-13/h12-14H,6-11H2,1-5H3,(H,20,22)/t12-,13-,14+/m1/s1. The van der Waals surface area contributed by atoms with Crippen molar-refractivity contribution in [3.63, 3.8) is 0 Å². The number of likely N-dealkylation sites (tertiary alicyclic amines) is 1. The van der Waals surface area contributed by atoms with Crippen molar-refractivity contribution in [1.82, 2.24) is 10.2 Å². The first-order chi connectivity index (χ1) is 11.0. The van der Waals surface area contributed by atoms with E-state index in [2.05, 4.69) is 19.2 Å². The number of carbonyl (C=O) groups excluding carboxylic acids is 2. The number of nitrogens with zero attached hydrogens (tertiary/aromatic N) is 1. The van der Waals surface area contributed by atoms with E-state index >= 15 is 0 Å². The number of ether oxygens (including phenoxy) is 1. The second kappa shape index (κ2) is 6.89. The van der Waals surface area contributed by atoms with Crippen molar-refractivity contribution in [3.05, 3.63) is 0 Å². The third kappa shape index (κ3) is 5.08. The van der Waals surface area contributed by atoms with Gasteiger partial charge >= 0.3 is 6.09 Å². The van der Waals surface area contributed by atoms with Crippen LogP contribution < -0.4 is 5.32 Å². The van der Waals surface area contributed by atoms with Gasteiger partial charge in [-0.1, -0.05) is 20.3 Å². The Bertz CT molecular complexity index is 487. The second-order valence-corrected chi connectivity index (χ2v) is 8.95. The molecule has 2 fully saturated rings. The summed E-state index contributed by atoms with van der Waals surface area (Å²) in [7, 11) is 0. The number of halogens is 1. The van der Waals surface area contributed by atoms with Gasteiger partial charge in [0.1, 0.15) is 17.8 Å². The molecule has 1 aliphatic heterocycles. The van der Waals surface area contributed by atoms with E-state index in [0.717, 1.165) is 25.7 Å². The Kier molecular flexibility index (Phi) is 5.45. The van der Waals surface area contributed by atoms with Crippen molar-refractivity contribution < 1.29 is 18.7 Å². The molecule has 2 aliphatic rings. The quantitative estimate of drug-likeness (QED) is 0.836. The molecule has 0 unspecified atom stereocenters. The summed E-state index contributed by atoms with van der Waals surface area (Å²) in [6, 6.07) is -0.680. The number of amides is 2. The SMILES string of the molecule is CC1(C)CCC[C@@H](NC(=O)[C@@H]2C[C@@H](F)CN2C(=O)OC(C)(C)C)C1. The van der Waals surface area contributed by atoms with E-state index in [0.29, 0.717) is 0 Å². The average Bonchev–Trinajstić information content (AvgIpc) is 2.78. The first-order valence-corrected chi connectivity index (χ1v) is 8.91. The van der Waals surface area contributed by atoms with Crippen LogP contribution in [0.1, 0.15) is 66.7 Å². The summed E-state index contributed by atoms with van der Waals surface area (Å²) in [5, 5.41) is 3.03. The first-order valence-electron chi connectivity index (χ1n) is 8.91. The largest absolute Gasteiger partial charge is 0.444 e. The Labute approximate surface area is 144 Å². The fraction of sp³-hybridized carbons (Fsp3) is 0.889. The number of rotatable bonds is 2. The first kappa shape index (κ1) is 19.0. The minimum absolute atomic E-state index is 0.0428. The van der Waals surface area contributed by atoms with E-state index in [1.54, 1.807) is 20.8 Å². The van der Waals surface area contributed by atoms with E-state index in [1.807, 2.05) is 0 Å². The van der Waals surface area contributed by atoms with Gasteiger partial charge in [-0.3, -0.25) is 9.69 Å². The predicted octanol–water partition coefficient (Wildman–Crippen LogP) is 3.42. The van der Waals surface area contributed by atoms with Crippen molar-refractivity contribution in [3.8, 4) is 0 Å². The van der Waals surface area contributed by atoms with Gasteiger partial charge in [0, 0.05) is 12.5 Å². The molecular formula is C18H31FN2O3. The van der Waals surface area contributed by atoms with Gasteiger partial charge in [0.15, 0.2) is 0 Å². The van der Waals surface area contributed by atoms with E-state index in [1.165, 1.54) is 4.90 Å². The summed E-state index contributed by atoms with van der Waals surface area (Å²) in [5.74, 6) is -0.260. The van der Waals surface area contributed by atoms with E-state index < -0.39 is 23.9 Å². The molecule has 2 amide bonds. The van der Waals surface area contributed by atoms with Crippen LogP contribution >= 0.6 is 0 Å². The molecule has 138 valence electrons. The molecule has 0 radical (unpaired) electrons. The summed E-state index contributed by atoms with van der Waals surface area (Å²) in [6.45, 7) is 9.59. The van der Waals surface area contributed by atoms with Crippen LogP contribution in [0.3, 0.4) is 0 Å². The van der Waals surface area contributed by atoms with Gasteiger partial charge in [-0.25, -0.2) is 9.18 Å². The Morgan fingerprint density at radius 2 is 1.96 bits per heavy atom. The fourth-order valence-electron chi connectivity index (χ4n) is 3.67. The van der Waals surface area contributed by atoms with Crippen LogP contribution in [0.15, 0.2) is 0 Å². The van der Waals surface area contributed by atoms with Crippen LogP contribution in [-0.4, -0.2) is 47.3 Å². The lowest BCUT2D eigenvalue weighted by atomic mass is 9.75. The second-order valence-electron chi connectivity index (χ2n) is 8.95. The molecule has 1 saturated carbocycles. The number of hydrogen-bond acceptors (Lipinski definition) is 3. The van der Waals surface area contributed by atoms with Gasteiger partial charge in [0.2, 0.25) is 5.91 Å². The van der Waals surface area contributed by atoms with Crippen LogP contribution in [0, 0.1) is 5.41 Å². The molecule has 0 aromatic heterocycles. The predicted molar refractivity (Wildman–Crippen MR) is 90.4 cm³/mol. The molecular weight excluding hydrogens is 311 g/mol. The van der Waals surface area contributed by atoms with Gasteiger partial charge in [-0.05, 0) is 45.4 Å². The summed E-state index contributed by atoms with van der Waals surface area (Å²) < 4.78 is 19.2. The number of nitrogens with one attached hydrogen (secondary N) is 1. The molecule has 24 heavy (non-hydrogen) atoms. The number of hydrogen-bond donors (Lipinski definition) is 1. The highest BCUT2D eigenvalue weighted by molar-refractivity contribution is 5.86. The normalized spacial score (nSPS) is 30.1. The average molecular weight is 342 g/mol. The van der Waals surface area contributed by atoms with Crippen LogP contribution in [0.4, 0.5) is 9.18 Å². The molecule has 3 atom stereocenters. The minimum atomic E-state index is -1.18. The lowest BCUT2D eigenvalue weighted by Crippen LogP contribution is -2.51. The molecule has 1 heterocycles. The fourth-order valence-corrected chi connectivity index (χ4v) is 3.67. The highest BCUT2D eigenvalue weighted by Crippen LogP contribution is 2.35. The molecule has 2 rings (SSSR count). The molecule has 1 N–H and O–H groups in total. The van der Waals surface area contributed by atoms with Gasteiger partial charge in [-0.2, -0.15) is 0 Å². The van der Waals surface area contributed by atoms with Crippen LogP contribution in [0.2, 0.25) is 0 Å². The van der Waals surface area contributed by atoms with Crippen molar-refractivity contribution in [1.29, 1.82) is 0 Å². The Morgan fingerprint density at radius 1 is 1.29 bits per heavy atom. The van der Waals surface area contributed by atoms with Gasteiger partial charge < -0.3 is 10.1 Å². The lowest BCUT2D eigenvalue weighted by molar-refractivity contribution is -0.126. The maximum atomic E-state index is 13.8. The lowest BCUT2D eigenvalue weighted by Gasteiger charge is -2.36. The monoisotopic (exact) mass is 342 g/mol. The zero-order valence-corrected chi connectivity index (χ0v) is 15.5. The third-order valence-electron chi connectivity index (χ3n) is 4.73. The Hall–Kier alpha value is -1.33. The maximum absolute atomic E-state index is 13.8. The topological polar surface area (TPSA) is 58.6 Å². The Balaban J connectivity index is 1.99. The molecule has 1 saturated heterocycles. The van der Waals surface area contributed by atoms with Gasteiger partial charge in [0.05, 0.1) is 6.54 Å². The molecule has 5 nitrogen and oxygen atoms in total. The highest BCUT2D eigenvalue weighted by Gasteiger charge is 2.42. The summed E-state index contributed by atoms with van der Waals surface area (Å²) in [6.07, 6.45) is 2.32. The van der Waals surface area contributed by atoms with Crippen molar-refractivity contribution in [2.75, 3.05) is 6.54 Å².